The highest BCUT2D eigenvalue weighted by Gasteiger charge is 2.19. The number of anilines is 2. The van der Waals surface area contributed by atoms with E-state index in [0.29, 0.717) is 22.3 Å². The number of carbonyl (C=O) groups is 1. The van der Waals surface area contributed by atoms with Crippen LogP contribution >= 0.6 is 0 Å². The Morgan fingerprint density at radius 1 is 1.13 bits per heavy atom. The molecule has 2 aromatic carbocycles. The van der Waals surface area contributed by atoms with Gasteiger partial charge < -0.3 is 20.1 Å². The number of nitrogens with zero attached hydrogens (tertiary/aromatic N) is 3. The van der Waals surface area contributed by atoms with E-state index in [1.54, 1.807) is 18.3 Å². The van der Waals surface area contributed by atoms with Crippen LogP contribution < -0.4 is 10.2 Å². The van der Waals surface area contributed by atoms with Gasteiger partial charge in [0.15, 0.2) is 0 Å². The largest absolute Gasteiger partial charge is 0.367 e. The molecule has 5 rings (SSSR count). The van der Waals surface area contributed by atoms with E-state index in [4.69, 9.17) is 0 Å². The Morgan fingerprint density at radius 3 is 2.71 bits per heavy atom. The molecule has 0 spiro atoms. The van der Waals surface area contributed by atoms with E-state index in [9.17, 15) is 9.18 Å². The van der Waals surface area contributed by atoms with Crippen molar-refractivity contribution in [2.75, 3.05) is 43.4 Å². The molecule has 0 atom stereocenters. The summed E-state index contributed by atoms with van der Waals surface area (Å²) < 4.78 is 14.2. The Morgan fingerprint density at radius 2 is 1.94 bits per heavy atom. The van der Waals surface area contributed by atoms with Crippen LogP contribution in [0.3, 0.4) is 0 Å². The van der Waals surface area contributed by atoms with Gasteiger partial charge in [-0.25, -0.2) is 4.39 Å². The Bertz CT molecular complexity index is 1250. The molecule has 2 aromatic heterocycles. The lowest BCUT2D eigenvalue weighted by Gasteiger charge is -2.34. The zero-order chi connectivity index (χ0) is 21.5. The van der Waals surface area contributed by atoms with Crippen molar-refractivity contribution in [2.45, 2.75) is 6.92 Å². The van der Waals surface area contributed by atoms with Gasteiger partial charge in [-0.1, -0.05) is 12.1 Å². The first kappa shape index (κ1) is 19.5. The number of amides is 1. The smallest absolute Gasteiger partial charge is 0.272 e. The number of pyridine rings is 1. The lowest BCUT2D eigenvalue weighted by Crippen LogP contribution is -2.44. The molecule has 3 heterocycles. The molecule has 0 radical (unpaired) electrons. The monoisotopic (exact) mass is 417 g/mol. The highest BCUT2D eigenvalue weighted by atomic mass is 19.1. The van der Waals surface area contributed by atoms with Crippen LogP contribution in [0.5, 0.6) is 0 Å². The third-order valence-electron chi connectivity index (χ3n) is 5.98. The fraction of sp³-hybridized carbons (Fsp3) is 0.250. The number of likely N-dealkylation sites (N-methyl/N-ethyl adjacent to an activating group) is 1. The lowest BCUT2D eigenvalue weighted by molar-refractivity contribution is 0.102. The van der Waals surface area contributed by atoms with E-state index < -0.39 is 0 Å². The van der Waals surface area contributed by atoms with Crippen molar-refractivity contribution >= 4 is 39.1 Å². The fourth-order valence-electron chi connectivity index (χ4n) is 4.18. The van der Waals surface area contributed by atoms with Gasteiger partial charge in [-0.15, -0.1) is 0 Å². The Hall–Kier alpha value is -3.45. The minimum absolute atomic E-state index is 0.303. The van der Waals surface area contributed by atoms with Gasteiger partial charge in [-0.2, -0.15) is 0 Å². The van der Waals surface area contributed by atoms with Crippen LogP contribution in [0.25, 0.3) is 21.8 Å². The second kappa shape index (κ2) is 7.67. The van der Waals surface area contributed by atoms with E-state index in [-0.39, 0.29) is 11.7 Å². The molecule has 1 amide bonds. The van der Waals surface area contributed by atoms with E-state index in [0.717, 1.165) is 48.3 Å². The van der Waals surface area contributed by atoms with Gasteiger partial charge in [0.1, 0.15) is 11.5 Å². The number of carbonyl (C=O) groups excluding carboxylic acids is 1. The molecule has 4 aromatic rings. The number of hydrogen-bond donors (Lipinski definition) is 2. The lowest BCUT2D eigenvalue weighted by atomic mass is 10.1. The maximum atomic E-state index is 14.2. The first-order valence-corrected chi connectivity index (χ1v) is 10.4. The molecule has 158 valence electrons. The molecule has 1 aliphatic heterocycles. The Kier molecular flexibility index (Phi) is 4.82. The van der Waals surface area contributed by atoms with Crippen molar-refractivity contribution in [2.24, 2.45) is 0 Å². The van der Waals surface area contributed by atoms with Gasteiger partial charge >= 0.3 is 0 Å². The molecule has 2 N–H and O–H groups in total. The van der Waals surface area contributed by atoms with Crippen molar-refractivity contribution in [3.05, 3.63) is 65.7 Å². The van der Waals surface area contributed by atoms with Gasteiger partial charge in [-0.05, 0) is 49.9 Å². The van der Waals surface area contributed by atoms with Crippen LogP contribution in [0.4, 0.5) is 15.8 Å². The number of aryl methyl sites for hydroxylation is 1. The number of aromatic nitrogens is 2. The van der Waals surface area contributed by atoms with Crippen LogP contribution in [-0.4, -0.2) is 54.0 Å². The quantitative estimate of drug-likeness (QED) is 0.525. The highest BCUT2D eigenvalue weighted by molar-refractivity contribution is 6.08. The first-order chi connectivity index (χ1) is 15.0. The normalized spacial score (nSPS) is 15.0. The number of piperazine rings is 1. The van der Waals surface area contributed by atoms with E-state index >= 15 is 0 Å². The maximum Gasteiger partial charge on any atom is 0.272 e. The molecular weight excluding hydrogens is 393 g/mol. The second-order valence-corrected chi connectivity index (χ2v) is 8.15. The van der Waals surface area contributed by atoms with Gasteiger partial charge in [0.2, 0.25) is 0 Å². The van der Waals surface area contributed by atoms with Crippen molar-refractivity contribution in [3.63, 3.8) is 0 Å². The van der Waals surface area contributed by atoms with E-state index in [1.807, 2.05) is 31.2 Å². The number of fused-ring (bicyclic) bond motifs is 2. The van der Waals surface area contributed by atoms with Crippen molar-refractivity contribution < 1.29 is 9.18 Å². The number of rotatable bonds is 3. The van der Waals surface area contributed by atoms with Crippen LogP contribution in [0.1, 0.15) is 16.1 Å². The SMILES string of the molecule is Cc1ccc(F)c2cc(C(=O)Nc3cc(N4CCN(C)CC4)c4ncccc4c3)[nH]c12. The molecule has 1 saturated heterocycles. The summed E-state index contributed by atoms with van der Waals surface area (Å²) in [4.78, 5) is 25.2. The Balaban J connectivity index is 1.50. The summed E-state index contributed by atoms with van der Waals surface area (Å²) in [6.07, 6.45) is 1.79. The molecule has 1 aliphatic rings. The van der Waals surface area contributed by atoms with Gasteiger partial charge in [-0.3, -0.25) is 9.78 Å². The number of nitrogens with one attached hydrogen (secondary N) is 2. The summed E-state index contributed by atoms with van der Waals surface area (Å²) in [6, 6.07) is 12.5. The molecule has 0 saturated carbocycles. The van der Waals surface area contributed by atoms with Crippen LogP contribution in [0.2, 0.25) is 0 Å². The van der Waals surface area contributed by atoms with Crippen molar-refractivity contribution in [3.8, 4) is 0 Å². The topological polar surface area (TPSA) is 64.3 Å². The van der Waals surface area contributed by atoms with Crippen LogP contribution in [-0.2, 0) is 0 Å². The van der Waals surface area contributed by atoms with E-state index in [2.05, 4.69) is 32.1 Å². The number of hydrogen-bond acceptors (Lipinski definition) is 4. The summed E-state index contributed by atoms with van der Waals surface area (Å²) >= 11 is 0. The van der Waals surface area contributed by atoms with Gasteiger partial charge in [0.05, 0.1) is 16.7 Å². The third-order valence-corrected chi connectivity index (χ3v) is 5.98. The van der Waals surface area contributed by atoms with Crippen molar-refractivity contribution in [1.29, 1.82) is 0 Å². The van der Waals surface area contributed by atoms with Gasteiger partial charge in [0.25, 0.3) is 5.91 Å². The fourth-order valence-corrected chi connectivity index (χ4v) is 4.18. The second-order valence-electron chi connectivity index (χ2n) is 8.15. The predicted octanol–water partition coefficient (Wildman–Crippen LogP) is 4.17. The predicted molar refractivity (Wildman–Crippen MR) is 122 cm³/mol. The zero-order valence-electron chi connectivity index (χ0n) is 17.6. The maximum absolute atomic E-state index is 14.2. The average molecular weight is 417 g/mol. The standard InChI is InChI=1S/C24H24FN5O/c1-15-5-6-19(25)18-14-20(28-22(15)18)24(31)27-17-12-16-4-3-7-26-23(16)21(13-17)30-10-8-29(2)9-11-30/h3-7,12-14,28H,8-11H2,1-2H3,(H,27,31). The number of benzene rings is 2. The molecule has 0 bridgehead atoms. The summed E-state index contributed by atoms with van der Waals surface area (Å²) in [5, 5.41) is 4.37. The minimum Gasteiger partial charge on any atom is -0.367 e. The van der Waals surface area contributed by atoms with Crippen LogP contribution in [0.15, 0.2) is 48.7 Å². The molecule has 0 unspecified atom stereocenters. The summed E-state index contributed by atoms with van der Waals surface area (Å²) in [6.45, 7) is 5.65. The van der Waals surface area contributed by atoms with Gasteiger partial charge in [0, 0.05) is 48.8 Å². The van der Waals surface area contributed by atoms with Crippen molar-refractivity contribution in [1.82, 2.24) is 14.9 Å². The molecule has 31 heavy (non-hydrogen) atoms. The van der Waals surface area contributed by atoms with E-state index in [1.165, 1.54) is 6.07 Å². The highest BCUT2D eigenvalue weighted by Crippen LogP contribution is 2.31. The number of aromatic amines is 1. The minimum atomic E-state index is -0.343. The summed E-state index contributed by atoms with van der Waals surface area (Å²) in [5.74, 6) is -0.646. The molecule has 1 fully saturated rings. The molecule has 0 aliphatic carbocycles. The summed E-state index contributed by atoms with van der Waals surface area (Å²) in [7, 11) is 2.12. The number of halogens is 1. The third kappa shape index (κ3) is 3.61. The average Bonchev–Trinajstić information content (AvgIpc) is 3.24. The number of H-pyrrole nitrogens is 1. The summed E-state index contributed by atoms with van der Waals surface area (Å²) in [5.41, 5.74) is 4.50. The zero-order valence-corrected chi connectivity index (χ0v) is 17.6. The molecule has 6 nitrogen and oxygen atoms in total. The first-order valence-electron chi connectivity index (χ1n) is 10.4. The molecular formula is C24H24FN5O. The Labute approximate surface area is 179 Å². The molecule has 7 heteroatoms. The van der Waals surface area contributed by atoms with Crippen LogP contribution in [0, 0.1) is 12.7 Å².